The molecule has 0 aliphatic heterocycles. The minimum atomic E-state index is -0.859. The van der Waals surface area contributed by atoms with E-state index in [-0.39, 0.29) is 12.3 Å². The highest BCUT2D eigenvalue weighted by Crippen LogP contribution is 2.11. The Bertz CT molecular complexity index is 468. The lowest BCUT2D eigenvalue weighted by molar-refractivity contribution is -0.142. The SMILES string of the molecule is CC(=O)OCc1ccccc1C(=NO)C(N)=O. The number of carbonyl (C=O) groups is 2. The van der Waals surface area contributed by atoms with E-state index in [1.54, 1.807) is 24.3 Å². The lowest BCUT2D eigenvalue weighted by Gasteiger charge is -2.08. The molecule has 0 aliphatic carbocycles. The second kappa shape index (κ2) is 5.64. The number of hydrogen-bond donors (Lipinski definition) is 2. The third kappa shape index (κ3) is 3.30. The van der Waals surface area contributed by atoms with Crippen molar-refractivity contribution < 1.29 is 19.5 Å². The number of carbonyl (C=O) groups excluding carboxylic acids is 2. The number of esters is 1. The van der Waals surface area contributed by atoms with E-state index in [1.165, 1.54) is 6.92 Å². The van der Waals surface area contributed by atoms with E-state index in [0.717, 1.165) is 0 Å². The van der Waals surface area contributed by atoms with Gasteiger partial charge in [-0.15, -0.1) is 0 Å². The molecule has 0 aromatic heterocycles. The molecule has 3 N–H and O–H groups in total. The van der Waals surface area contributed by atoms with Crippen LogP contribution in [0.1, 0.15) is 18.1 Å². The first-order valence-electron chi connectivity index (χ1n) is 4.79. The Hall–Kier alpha value is -2.37. The van der Waals surface area contributed by atoms with E-state index in [4.69, 9.17) is 15.7 Å². The minimum absolute atomic E-state index is 0.0161. The zero-order chi connectivity index (χ0) is 12.8. The number of nitrogens with zero attached hydrogens (tertiary/aromatic N) is 1. The molecule has 0 aliphatic rings. The van der Waals surface area contributed by atoms with Gasteiger partial charge in [0.15, 0.2) is 5.71 Å². The van der Waals surface area contributed by atoms with Crippen molar-refractivity contribution in [3.8, 4) is 0 Å². The Kier molecular flexibility index (Phi) is 4.21. The molecule has 1 amide bonds. The Labute approximate surface area is 97.7 Å². The molecule has 1 aromatic carbocycles. The second-order valence-corrected chi connectivity index (χ2v) is 3.25. The van der Waals surface area contributed by atoms with Gasteiger partial charge in [-0.1, -0.05) is 29.4 Å². The van der Waals surface area contributed by atoms with Gasteiger partial charge in [0, 0.05) is 12.5 Å². The van der Waals surface area contributed by atoms with Crippen molar-refractivity contribution in [1.82, 2.24) is 0 Å². The van der Waals surface area contributed by atoms with E-state index in [1.807, 2.05) is 0 Å². The Balaban J connectivity index is 3.07. The van der Waals surface area contributed by atoms with Gasteiger partial charge in [0.2, 0.25) is 0 Å². The maximum atomic E-state index is 11.0. The van der Waals surface area contributed by atoms with Crippen LogP contribution in [0.4, 0.5) is 0 Å². The van der Waals surface area contributed by atoms with Crippen LogP contribution in [0.2, 0.25) is 0 Å². The largest absolute Gasteiger partial charge is 0.461 e. The highest BCUT2D eigenvalue weighted by Gasteiger charge is 2.15. The van der Waals surface area contributed by atoms with Crippen molar-refractivity contribution in [2.45, 2.75) is 13.5 Å². The first-order chi connectivity index (χ1) is 8.06. The Morgan fingerprint density at radius 2 is 2.06 bits per heavy atom. The summed E-state index contributed by atoms with van der Waals surface area (Å²) in [7, 11) is 0. The summed E-state index contributed by atoms with van der Waals surface area (Å²) in [5.41, 5.74) is 5.67. The first-order valence-corrected chi connectivity index (χ1v) is 4.79. The van der Waals surface area contributed by atoms with Gasteiger partial charge in [0.05, 0.1) is 0 Å². The average Bonchev–Trinajstić information content (AvgIpc) is 2.28. The maximum absolute atomic E-state index is 11.0. The summed E-state index contributed by atoms with van der Waals surface area (Å²) in [6.07, 6.45) is 0. The third-order valence-electron chi connectivity index (χ3n) is 2.04. The molecule has 0 atom stereocenters. The summed E-state index contributed by atoms with van der Waals surface area (Å²) < 4.78 is 4.82. The Morgan fingerprint density at radius 1 is 1.41 bits per heavy atom. The minimum Gasteiger partial charge on any atom is -0.461 e. The Morgan fingerprint density at radius 3 is 2.59 bits per heavy atom. The fourth-order valence-corrected chi connectivity index (χ4v) is 1.29. The van der Waals surface area contributed by atoms with Gasteiger partial charge in [-0.3, -0.25) is 9.59 Å². The molecule has 0 radical (unpaired) electrons. The number of rotatable bonds is 4. The van der Waals surface area contributed by atoms with Crippen molar-refractivity contribution >= 4 is 17.6 Å². The molecule has 0 saturated carbocycles. The van der Waals surface area contributed by atoms with Crippen molar-refractivity contribution in [2.75, 3.05) is 0 Å². The first kappa shape index (κ1) is 12.7. The highest BCUT2D eigenvalue weighted by molar-refractivity contribution is 6.45. The summed E-state index contributed by atoms with van der Waals surface area (Å²) in [5, 5.41) is 11.6. The lowest BCUT2D eigenvalue weighted by Crippen LogP contribution is -2.25. The van der Waals surface area contributed by atoms with E-state index in [0.29, 0.717) is 11.1 Å². The van der Waals surface area contributed by atoms with Gasteiger partial charge >= 0.3 is 5.97 Å². The van der Waals surface area contributed by atoms with Crippen LogP contribution in [0, 0.1) is 0 Å². The van der Waals surface area contributed by atoms with Crippen LogP contribution in [0.25, 0.3) is 0 Å². The lowest BCUT2D eigenvalue weighted by atomic mass is 10.0. The van der Waals surface area contributed by atoms with Crippen LogP contribution >= 0.6 is 0 Å². The van der Waals surface area contributed by atoms with E-state index in [9.17, 15) is 9.59 Å². The third-order valence-corrected chi connectivity index (χ3v) is 2.04. The van der Waals surface area contributed by atoms with Gasteiger partial charge in [0.25, 0.3) is 5.91 Å². The molecule has 6 heteroatoms. The molecule has 0 fully saturated rings. The average molecular weight is 236 g/mol. The molecular weight excluding hydrogens is 224 g/mol. The predicted molar refractivity (Wildman–Crippen MR) is 59.4 cm³/mol. The van der Waals surface area contributed by atoms with Crippen LogP contribution in [-0.4, -0.2) is 22.8 Å². The number of benzene rings is 1. The van der Waals surface area contributed by atoms with Crippen LogP contribution in [0.15, 0.2) is 29.4 Å². The quantitative estimate of drug-likeness (QED) is 0.342. The van der Waals surface area contributed by atoms with Crippen molar-refractivity contribution in [3.05, 3.63) is 35.4 Å². The van der Waals surface area contributed by atoms with Crippen molar-refractivity contribution in [2.24, 2.45) is 10.9 Å². The number of oxime groups is 1. The van der Waals surface area contributed by atoms with Gasteiger partial charge < -0.3 is 15.7 Å². The molecule has 0 saturated heterocycles. The van der Waals surface area contributed by atoms with Crippen LogP contribution in [0.3, 0.4) is 0 Å². The second-order valence-electron chi connectivity index (χ2n) is 3.25. The van der Waals surface area contributed by atoms with Gasteiger partial charge in [-0.05, 0) is 5.56 Å². The molecule has 0 bridgehead atoms. The molecule has 0 spiro atoms. The molecule has 17 heavy (non-hydrogen) atoms. The number of ether oxygens (including phenoxy) is 1. The maximum Gasteiger partial charge on any atom is 0.302 e. The predicted octanol–water partition coefficient (Wildman–Crippen LogP) is 0.413. The molecule has 1 aromatic rings. The monoisotopic (exact) mass is 236 g/mol. The molecular formula is C11H12N2O4. The summed E-state index contributed by atoms with van der Waals surface area (Å²) in [6.45, 7) is 1.26. The zero-order valence-electron chi connectivity index (χ0n) is 9.21. The number of nitrogens with two attached hydrogens (primary N) is 1. The molecule has 0 heterocycles. The van der Waals surface area contributed by atoms with Gasteiger partial charge in [-0.25, -0.2) is 0 Å². The standard InChI is InChI=1S/C11H12N2O4/c1-7(14)17-6-8-4-2-3-5-9(8)10(13-16)11(12)15/h2-5,16H,6H2,1H3,(H2,12,15). The molecule has 6 nitrogen and oxygen atoms in total. The smallest absolute Gasteiger partial charge is 0.302 e. The zero-order valence-corrected chi connectivity index (χ0v) is 9.21. The van der Waals surface area contributed by atoms with Crippen molar-refractivity contribution in [1.29, 1.82) is 0 Å². The van der Waals surface area contributed by atoms with Crippen LogP contribution in [0.5, 0.6) is 0 Å². The number of hydrogen-bond acceptors (Lipinski definition) is 5. The summed E-state index contributed by atoms with van der Waals surface area (Å²) in [6, 6.07) is 6.56. The van der Waals surface area contributed by atoms with Crippen LogP contribution < -0.4 is 5.73 Å². The summed E-state index contributed by atoms with van der Waals surface area (Å²) in [5.74, 6) is -1.30. The summed E-state index contributed by atoms with van der Waals surface area (Å²) >= 11 is 0. The van der Waals surface area contributed by atoms with Gasteiger partial charge in [0.1, 0.15) is 6.61 Å². The van der Waals surface area contributed by atoms with E-state index in [2.05, 4.69) is 5.16 Å². The summed E-state index contributed by atoms with van der Waals surface area (Å²) in [4.78, 5) is 21.8. The molecule has 1 rings (SSSR count). The van der Waals surface area contributed by atoms with E-state index < -0.39 is 11.9 Å². The fourth-order valence-electron chi connectivity index (χ4n) is 1.29. The van der Waals surface area contributed by atoms with Gasteiger partial charge in [-0.2, -0.15) is 0 Å². The normalized spacial score (nSPS) is 11.0. The highest BCUT2D eigenvalue weighted by atomic mass is 16.5. The fraction of sp³-hybridized carbons (Fsp3) is 0.182. The molecule has 90 valence electrons. The molecule has 0 unspecified atom stereocenters. The van der Waals surface area contributed by atoms with E-state index >= 15 is 0 Å². The number of primary amides is 1. The van der Waals surface area contributed by atoms with Crippen LogP contribution in [-0.2, 0) is 20.9 Å². The van der Waals surface area contributed by atoms with Crippen molar-refractivity contribution in [3.63, 3.8) is 0 Å². The topological polar surface area (TPSA) is 102 Å². The number of amides is 1.